The molecule has 0 saturated heterocycles. The fourth-order valence-corrected chi connectivity index (χ4v) is 4.56. The number of aromatic nitrogens is 4. The van der Waals surface area contributed by atoms with Crippen molar-refractivity contribution in [2.24, 2.45) is 0 Å². The summed E-state index contributed by atoms with van der Waals surface area (Å²) < 4.78 is 14.7. The number of thioether (sulfide) groups is 1. The van der Waals surface area contributed by atoms with E-state index in [1.54, 1.807) is 35.8 Å². The highest BCUT2D eigenvalue weighted by Gasteiger charge is 2.24. The highest BCUT2D eigenvalue weighted by molar-refractivity contribution is 7.99. The lowest BCUT2D eigenvalue weighted by Gasteiger charge is -2.27. The first-order valence-electron chi connectivity index (χ1n) is 10.4. The maximum atomic E-state index is 13.3. The quantitative estimate of drug-likeness (QED) is 0.355. The summed E-state index contributed by atoms with van der Waals surface area (Å²) in [5.74, 6) is 1.37. The van der Waals surface area contributed by atoms with E-state index in [2.05, 4.69) is 10.1 Å². The van der Waals surface area contributed by atoms with Crippen molar-refractivity contribution >= 4 is 34.4 Å². The molecule has 2 aromatic heterocycles. The molecule has 9 nitrogen and oxygen atoms in total. The molecule has 0 radical (unpaired) electrons. The van der Waals surface area contributed by atoms with Crippen molar-refractivity contribution in [3.63, 3.8) is 0 Å². The molecule has 0 amide bonds. The van der Waals surface area contributed by atoms with E-state index in [0.717, 1.165) is 0 Å². The molecule has 2 N–H and O–H groups in total. The summed E-state index contributed by atoms with van der Waals surface area (Å²) in [6, 6.07) is 16.2. The summed E-state index contributed by atoms with van der Waals surface area (Å²) in [6.45, 7) is 2.29. The van der Waals surface area contributed by atoms with Crippen LogP contribution in [-0.2, 0) is 6.54 Å². The third-order valence-electron chi connectivity index (χ3n) is 5.25. The summed E-state index contributed by atoms with van der Waals surface area (Å²) in [7, 11) is 0. The lowest BCUT2D eigenvalue weighted by atomic mass is 10.2. The second-order valence-electron chi connectivity index (χ2n) is 7.63. The third-order valence-corrected chi connectivity index (χ3v) is 6.21. The molecule has 4 aromatic rings. The standard InChI is InChI=1S/C23H21N5O4S/c1-14-10-20(24)26-28(14)21(29)13-33-23-25-17-7-3-2-6-16(17)22(30)27(23)11-15-12-31-18-8-4-5-9-19(18)32-15/h2-10,15H,11-13H2,1H3,(H2,24,26). The number of para-hydroxylation sites is 3. The van der Waals surface area contributed by atoms with Gasteiger partial charge in [-0.2, -0.15) is 0 Å². The molecule has 3 heterocycles. The molecule has 0 fully saturated rings. The molecule has 0 saturated carbocycles. The van der Waals surface area contributed by atoms with E-state index in [1.807, 2.05) is 30.3 Å². The Balaban J connectivity index is 1.45. The summed E-state index contributed by atoms with van der Waals surface area (Å²) >= 11 is 1.18. The van der Waals surface area contributed by atoms with E-state index in [4.69, 9.17) is 15.2 Å². The summed E-state index contributed by atoms with van der Waals surface area (Å²) in [5.41, 5.74) is 6.71. The Morgan fingerprint density at radius 1 is 1.18 bits per heavy atom. The van der Waals surface area contributed by atoms with E-state index in [-0.39, 0.29) is 35.7 Å². The van der Waals surface area contributed by atoms with Crippen LogP contribution in [0.25, 0.3) is 10.9 Å². The number of nitrogens with zero attached hydrogens (tertiary/aromatic N) is 4. The number of nitrogen functional groups attached to an aromatic ring is 1. The number of benzene rings is 2. The molecule has 33 heavy (non-hydrogen) atoms. The van der Waals surface area contributed by atoms with Gasteiger partial charge in [-0.15, -0.1) is 5.10 Å². The van der Waals surface area contributed by atoms with Gasteiger partial charge in [0.1, 0.15) is 12.4 Å². The monoisotopic (exact) mass is 463 g/mol. The summed E-state index contributed by atoms with van der Waals surface area (Å²) in [6.07, 6.45) is -0.385. The van der Waals surface area contributed by atoms with E-state index < -0.39 is 0 Å². The van der Waals surface area contributed by atoms with Gasteiger partial charge in [0.2, 0.25) is 0 Å². The maximum Gasteiger partial charge on any atom is 0.262 e. The second-order valence-corrected chi connectivity index (χ2v) is 8.57. The van der Waals surface area contributed by atoms with Crippen LogP contribution in [0.1, 0.15) is 10.5 Å². The van der Waals surface area contributed by atoms with E-state index in [9.17, 15) is 9.59 Å². The molecule has 0 spiro atoms. The van der Waals surface area contributed by atoms with Crippen molar-refractivity contribution < 1.29 is 14.3 Å². The maximum absolute atomic E-state index is 13.3. The van der Waals surface area contributed by atoms with Crippen LogP contribution in [0, 0.1) is 6.92 Å². The number of aryl methyl sites for hydroxylation is 1. The predicted octanol–water partition coefficient (Wildman–Crippen LogP) is 2.76. The molecule has 5 rings (SSSR count). The van der Waals surface area contributed by atoms with Crippen molar-refractivity contribution in [1.29, 1.82) is 0 Å². The number of rotatable bonds is 5. The van der Waals surface area contributed by atoms with Gasteiger partial charge in [-0.3, -0.25) is 14.2 Å². The van der Waals surface area contributed by atoms with Gasteiger partial charge >= 0.3 is 0 Å². The van der Waals surface area contributed by atoms with Crippen molar-refractivity contribution in [1.82, 2.24) is 19.3 Å². The van der Waals surface area contributed by atoms with Crippen LogP contribution in [-0.4, -0.2) is 43.7 Å². The average Bonchev–Trinajstić information content (AvgIpc) is 3.17. The van der Waals surface area contributed by atoms with Crippen LogP contribution in [0.2, 0.25) is 0 Å². The minimum Gasteiger partial charge on any atom is -0.486 e. The fourth-order valence-electron chi connectivity index (χ4n) is 3.71. The number of hydrogen-bond donors (Lipinski definition) is 1. The first-order valence-corrected chi connectivity index (χ1v) is 11.3. The molecule has 0 aliphatic carbocycles. The van der Waals surface area contributed by atoms with Crippen molar-refractivity contribution in [3.05, 3.63) is 70.6 Å². The van der Waals surface area contributed by atoms with Crippen LogP contribution in [0.4, 0.5) is 5.82 Å². The topological polar surface area (TPSA) is 114 Å². The molecular formula is C23H21N5O4S. The smallest absolute Gasteiger partial charge is 0.262 e. The number of anilines is 1. The summed E-state index contributed by atoms with van der Waals surface area (Å²) in [5, 5.41) is 4.96. The zero-order chi connectivity index (χ0) is 22.9. The number of carbonyl (C=O) groups is 1. The Hall–Kier alpha value is -3.79. The van der Waals surface area contributed by atoms with Gasteiger partial charge in [0.25, 0.3) is 11.5 Å². The molecule has 1 aliphatic heterocycles. The van der Waals surface area contributed by atoms with Gasteiger partial charge in [-0.1, -0.05) is 36.0 Å². The molecule has 1 unspecified atom stereocenters. The predicted molar refractivity (Wildman–Crippen MR) is 125 cm³/mol. The number of fused-ring (bicyclic) bond motifs is 2. The molecule has 10 heteroatoms. The van der Waals surface area contributed by atoms with Crippen LogP contribution in [0.5, 0.6) is 11.5 Å². The number of hydrogen-bond acceptors (Lipinski definition) is 8. The first-order chi connectivity index (χ1) is 16.0. The van der Waals surface area contributed by atoms with Crippen molar-refractivity contribution in [3.8, 4) is 11.5 Å². The Morgan fingerprint density at radius 2 is 1.94 bits per heavy atom. The van der Waals surface area contributed by atoms with Crippen LogP contribution in [0.15, 0.2) is 64.5 Å². The number of nitrogens with two attached hydrogens (primary N) is 1. The zero-order valence-electron chi connectivity index (χ0n) is 17.8. The lowest BCUT2D eigenvalue weighted by molar-refractivity contribution is 0.0757. The summed E-state index contributed by atoms with van der Waals surface area (Å²) in [4.78, 5) is 30.7. The van der Waals surface area contributed by atoms with Gasteiger partial charge in [0.05, 0.1) is 23.2 Å². The highest BCUT2D eigenvalue weighted by atomic mass is 32.2. The SMILES string of the molecule is Cc1cc(N)nn1C(=O)CSc1nc2ccccc2c(=O)n1CC1COc2ccccc2O1. The normalized spacial score (nSPS) is 15.0. The largest absolute Gasteiger partial charge is 0.486 e. The first kappa shape index (κ1) is 21.1. The molecule has 1 atom stereocenters. The van der Waals surface area contributed by atoms with Gasteiger partial charge < -0.3 is 15.2 Å². The molecule has 1 aliphatic rings. The van der Waals surface area contributed by atoms with Crippen LogP contribution >= 0.6 is 11.8 Å². The van der Waals surface area contributed by atoms with E-state index in [0.29, 0.717) is 39.9 Å². The van der Waals surface area contributed by atoms with Crippen LogP contribution in [0.3, 0.4) is 0 Å². The molecule has 0 bridgehead atoms. The van der Waals surface area contributed by atoms with Crippen LogP contribution < -0.4 is 20.8 Å². The van der Waals surface area contributed by atoms with E-state index >= 15 is 0 Å². The molecule has 168 valence electrons. The van der Waals surface area contributed by atoms with Crippen molar-refractivity contribution in [2.45, 2.75) is 24.7 Å². The van der Waals surface area contributed by atoms with E-state index in [1.165, 1.54) is 16.4 Å². The highest BCUT2D eigenvalue weighted by Crippen LogP contribution is 2.31. The van der Waals surface area contributed by atoms with Crippen molar-refractivity contribution in [2.75, 3.05) is 18.1 Å². The zero-order valence-corrected chi connectivity index (χ0v) is 18.6. The van der Waals surface area contributed by atoms with Gasteiger partial charge in [-0.05, 0) is 31.2 Å². The lowest BCUT2D eigenvalue weighted by Crippen LogP contribution is -2.37. The Bertz CT molecular complexity index is 1410. The Kier molecular flexibility index (Phi) is 5.51. The minimum absolute atomic E-state index is 0.0393. The Labute approximate surface area is 193 Å². The van der Waals surface area contributed by atoms with Gasteiger partial charge in [-0.25, -0.2) is 9.67 Å². The number of ether oxygens (including phenoxy) is 2. The van der Waals surface area contributed by atoms with Gasteiger partial charge in [0, 0.05) is 11.8 Å². The third kappa shape index (κ3) is 4.17. The fraction of sp³-hybridized carbons (Fsp3) is 0.217. The van der Waals surface area contributed by atoms with Gasteiger partial charge in [0.15, 0.2) is 22.8 Å². The molecule has 2 aromatic carbocycles. The molecular weight excluding hydrogens is 442 g/mol. The number of carbonyl (C=O) groups excluding carboxylic acids is 1. The minimum atomic E-state index is -0.385. The Morgan fingerprint density at radius 3 is 2.73 bits per heavy atom. The average molecular weight is 464 g/mol. The second kappa shape index (κ2) is 8.62.